The molecule has 1 aliphatic rings. The predicted molar refractivity (Wildman–Crippen MR) is 66.8 cm³/mol. The van der Waals surface area contributed by atoms with Gasteiger partial charge in [-0.25, -0.2) is 4.79 Å². The summed E-state index contributed by atoms with van der Waals surface area (Å²) in [6.45, 7) is 0.737. The van der Waals surface area contributed by atoms with E-state index in [0.717, 1.165) is 36.3 Å². The van der Waals surface area contributed by atoms with Crippen molar-refractivity contribution in [3.8, 4) is 5.75 Å². The third-order valence-electron chi connectivity index (χ3n) is 3.21. The van der Waals surface area contributed by atoms with E-state index in [-0.39, 0.29) is 11.8 Å². The van der Waals surface area contributed by atoms with Gasteiger partial charge in [0.05, 0.1) is 24.4 Å². The van der Waals surface area contributed by atoms with E-state index in [1.807, 2.05) is 6.07 Å². The van der Waals surface area contributed by atoms with Gasteiger partial charge in [0, 0.05) is 12.0 Å². The Balaban J connectivity index is 2.23. The van der Waals surface area contributed by atoms with E-state index >= 15 is 0 Å². The molecule has 2 aromatic rings. The third-order valence-corrected chi connectivity index (χ3v) is 3.21. The van der Waals surface area contributed by atoms with E-state index in [1.165, 1.54) is 0 Å². The normalized spacial score (nSPS) is 19.3. The molecule has 0 radical (unpaired) electrons. The summed E-state index contributed by atoms with van der Waals surface area (Å²) < 4.78 is 10.8. The van der Waals surface area contributed by atoms with Crippen LogP contribution in [-0.4, -0.2) is 23.7 Å². The van der Waals surface area contributed by atoms with Gasteiger partial charge in [0.1, 0.15) is 5.75 Å². The highest BCUT2D eigenvalue weighted by Crippen LogP contribution is 2.31. The minimum Gasteiger partial charge on any atom is -0.497 e. The first kappa shape index (κ1) is 11.2. The molecule has 1 fully saturated rings. The van der Waals surface area contributed by atoms with Crippen LogP contribution >= 0.6 is 0 Å². The lowest BCUT2D eigenvalue weighted by molar-refractivity contribution is 0.109. The second-order valence-corrected chi connectivity index (χ2v) is 4.34. The van der Waals surface area contributed by atoms with E-state index in [9.17, 15) is 4.79 Å². The van der Waals surface area contributed by atoms with Crippen molar-refractivity contribution in [2.45, 2.75) is 18.9 Å². The first-order valence-corrected chi connectivity index (χ1v) is 5.97. The molecule has 94 valence electrons. The van der Waals surface area contributed by atoms with Crippen LogP contribution in [0.15, 0.2) is 23.0 Å². The molecule has 18 heavy (non-hydrogen) atoms. The summed E-state index contributed by atoms with van der Waals surface area (Å²) in [6, 6.07) is 5.48. The Kier molecular flexibility index (Phi) is 2.76. The SMILES string of the molecule is COc1ccc2nc(=O)[nH]c(C3CCCO3)c2c1. The van der Waals surface area contributed by atoms with E-state index in [1.54, 1.807) is 19.2 Å². The lowest BCUT2D eigenvalue weighted by Gasteiger charge is -2.12. The number of aromatic nitrogens is 2. The van der Waals surface area contributed by atoms with Crippen molar-refractivity contribution in [2.75, 3.05) is 13.7 Å². The molecule has 0 bridgehead atoms. The zero-order chi connectivity index (χ0) is 12.5. The van der Waals surface area contributed by atoms with Gasteiger partial charge in [-0.15, -0.1) is 0 Å². The maximum Gasteiger partial charge on any atom is 0.345 e. The Morgan fingerprint density at radius 1 is 1.50 bits per heavy atom. The summed E-state index contributed by atoms with van der Waals surface area (Å²) in [7, 11) is 1.62. The number of fused-ring (bicyclic) bond motifs is 1. The number of rotatable bonds is 2. The van der Waals surface area contributed by atoms with Crippen LogP contribution in [-0.2, 0) is 4.74 Å². The molecule has 0 aliphatic carbocycles. The van der Waals surface area contributed by atoms with Gasteiger partial charge in [0.2, 0.25) is 0 Å². The summed E-state index contributed by atoms with van der Waals surface area (Å²) in [4.78, 5) is 18.3. The molecule has 5 heteroatoms. The highest BCUT2D eigenvalue weighted by atomic mass is 16.5. The first-order valence-electron chi connectivity index (χ1n) is 5.97. The molecule has 0 saturated carbocycles. The zero-order valence-electron chi connectivity index (χ0n) is 10.1. The van der Waals surface area contributed by atoms with E-state index in [2.05, 4.69) is 9.97 Å². The topological polar surface area (TPSA) is 64.2 Å². The third kappa shape index (κ3) is 1.86. The number of nitrogens with zero attached hydrogens (tertiary/aromatic N) is 1. The average Bonchev–Trinajstić information content (AvgIpc) is 2.91. The fourth-order valence-electron chi connectivity index (χ4n) is 2.33. The Morgan fingerprint density at radius 2 is 2.39 bits per heavy atom. The van der Waals surface area contributed by atoms with E-state index in [0.29, 0.717) is 5.52 Å². The van der Waals surface area contributed by atoms with Gasteiger partial charge in [0.15, 0.2) is 0 Å². The number of aromatic amines is 1. The summed E-state index contributed by atoms with van der Waals surface area (Å²) in [6.07, 6.45) is 1.89. The summed E-state index contributed by atoms with van der Waals surface area (Å²) >= 11 is 0. The van der Waals surface area contributed by atoms with Gasteiger partial charge >= 0.3 is 5.69 Å². The van der Waals surface area contributed by atoms with Crippen LogP contribution in [0.1, 0.15) is 24.6 Å². The molecule has 1 aliphatic heterocycles. The second kappa shape index (κ2) is 4.42. The fraction of sp³-hybridized carbons (Fsp3) is 0.385. The largest absolute Gasteiger partial charge is 0.497 e. The quantitative estimate of drug-likeness (QED) is 0.877. The maximum atomic E-state index is 11.6. The predicted octanol–water partition coefficient (Wildman–Crippen LogP) is 1.78. The van der Waals surface area contributed by atoms with Crippen LogP contribution in [0.2, 0.25) is 0 Å². The lowest BCUT2D eigenvalue weighted by atomic mass is 10.1. The number of hydrogen-bond donors (Lipinski definition) is 1. The first-order chi connectivity index (χ1) is 8.78. The van der Waals surface area contributed by atoms with Crippen LogP contribution in [0, 0.1) is 0 Å². The van der Waals surface area contributed by atoms with Crippen molar-refractivity contribution in [3.05, 3.63) is 34.4 Å². The van der Waals surface area contributed by atoms with Gasteiger partial charge in [-0.05, 0) is 31.0 Å². The molecular weight excluding hydrogens is 232 g/mol. The van der Waals surface area contributed by atoms with Crippen molar-refractivity contribution in [1.29, 1.82) is 0 Å². The molecule has 5 nitrogen and oxygen atoms in total. The minimum absolute atomic E-state index is 0.0460. The highest BCUT2D eigenvalue weighted by Gasteiger charge is 2.21. The number of methoxy groups -OCH3 is 1. The molecule has 1 aromatic carbocycles. The molecule has 0 spiro atoms. The number of ether oxygens (including phenoxy) is 2. The number of nitrogens with one attached hydrogen (secondary N) is 1. The monoisotopic (exact) mass is 246 g/mol. The van der Waals surface area contributed by atoms with Crippen molar-refractivity contribution < 1.29 is 9.47 Å². The van der Waals surface area contributed by atoms with Crippen LogP contribution < -0.4 is 10.4 Å². The molecule has 1 saturated heterocycles. The number of H-pyrrole nitrogens is 1. The van der Waals surface area contributed by atoms with Gasteiger partial charge in [-0.1, -0.05) is 0 Å². The number of hydrogen-bond acceptors (Lipinski definition) is 4. The highest BCUT2D eigenvalue weighted by molar-refractivity contribution is 5.82. The van der Waals surface area contributed by atoms with Crippen molar-refractivity contribution in [1.82, 2.24) is 9.97 Å². The van der Waals surface area contributed by atoms with E-state index in [4.69, 9.17) is 9.47 Å². The molecule has 3 rings (SSSR count). The van der Waals surface area contributed by atoms with Crippen molar-refractivity contribution in [2.24, 2.45) is 0 Å². The maximum absolute atomic E-state index is 11.6. The Labute approximate surface area is 104 Å². The molecule has 2 heterocycles. The van der Waals surface area contributed by atoms with Crippen LogP contribution in [0.5, 0.6) is 5.75 Å². The molecular formula is C13H14N2O3. The number of benzene rings is 1. The lowest BCUT2D eigenvalue weighted by Crippen LogP contribution is -2.15. The second-order valence-electron chi connectivity index (χ2n) is 4.34. The van der Waals surface area contributed by atoms with Crippen LogP contribution in [0.25, 0.3) is 10.9 Å². The Hall–Kier alpha value is -1.88. The van der Waals surface area contributed by atoms with E-state index < -0.39 is 0 Å². The minimum atomic E-state index is -0.335. The smallest absolute Gasteiger partial charge is 0.345 e. The van der Waals surface area contributed by atoms with Gasteiger partial charge in [-0.2, -0.15) is 4.98 Å². The molecule has 0 amide bonds. The van der Waals surface area contributed by atoms with Crippen molar-refractivity contribution >= 4 is 10.9 Å². The Bertz CT molecular complexity index is 630. The standard InChI is InChI=1S/C13H14N2O3/c1-17-8-4-5-10-9(7-8)12(15-13(16)14-10)11-3-2-6-18-11/h4-5,7,11H,2-3,6H2,1H3,(H,14,15,16). The molecule has 1 atom stereocenters. The Morgan fingerprint density at radius 3 is 3.11 bits per heavy atom. The van der Waals surface area contributed by atoms with Gasteiger partial charge in [-0.3, -0.25) is 0 Å². The molecule has 1 unspecified atom stereocenters. The zero-order valence-corrected chi connectivity index (χ0v) is 10.1. The average molecular weight is 246 g/mol. The van der Waals surface area contributed by atoms with Crippen molar-refractivity contribution in [3.63, 3.8) is 0 Å². The fourth-order valence-corrected chi connectivity index (χ4v) is 2.33. The molecule has 1 N–H and O–H groups in total. The summed E-state index contributed by atoms with van der Waals surface area (Å²) in [5.74, 6) is 0.746. The van der Waals surface area contributed by atoms with Gasteiger partial charge < -0.3 is 14.5 Å². The van der Waals surface area contributed by atoms with Crippen LogP contribution in [0.3, 0.4) is 0 Å². The van der Waals surface area contributed by atoms with Crippen LogP contribution in [0.4, 0.5) is 0 Å². The summed E-state index contributed by atoms with van der Waals surface area (Å²) in [5.41, 5.74) is 1.14. The summed E-state index contributed by atoms with van der Waals surface area (Å²) in [5, 5.41) is 0.890. The molecule has 1 aromatic heterocycles. The van der Waals surface area contributed by atoms with Gasteiger partial charge in [0.25, 0.3) is 0 Å².